The summed E-state index contributed by atoms with van der Waals surface area (Å²) in [6, 6.07) is 23.4. The fraction of sp³-hybridized carbons (Fsp3) is 0.222. The van der Waals surface area contributed by atoms with Crippen LogP contribution in [0.2, 0.25) is 0 Å². The van der Waals surface area contributed by atoms with Gasteiger partial charge in [0.25, 0.3) is 0 Å². The number of benzene rings is 3. The Morgan fingerprint density at radius 3 is 2.09 bits per heavy atom. The molecule has 0 aromatic heterocycles. The van der Waals surface area contributed by atoms with Gasteiger partial charge in [-0.15, -0.1) is 10.2 Å². The van der Waals surface area contributed by atoms with Crippen molar-refractivity contribution in [3.8, 4) is 11.3 Å². The number of para-hydroxylation sites is 1. The van der Waals surface area contributed by atoms with Crippen LogP contribution in [0.1, 0.15) is 25.0 Å². The van der Waals surface area contributed by atoms with Gasteiger partial charge in [-0.2, -0.15) is 0 Å². The van der Waals surface area contributed by atoms with Gasteiger partial charge >= 0.3 is 0 Å². The molecule has 2 aromatic carbocycles. The Labute approximate surface area is 207 Å². The molecule has 8 heteroatoms. The Balaban J connectivity index is 0.000000623. The molecule has 2 aliphatic rings. The minimum atomic E-state index is -4.94. The summed E-state index contributed by atoms with van der Waals surface area (Å²) in [5.41, 5.74) is 5.61. The molecule has 0 bridgehead atoms. The van der Waals surface area contributed by atoms with E-state index in [9.17, 15) is 0 Å². The van der Waals surface area contributed by atoms with E-state index >= 15 is 0 Å². The van der Waals surface area contributed by atoms with Crippen molar-refractivity contribution in [2.24, 2.45) is 0 Å². The van der Waals surface area contributed by atoms with Crippen molar-refractivity contribution in [3.05, 3.63) is 83.2 Å². The normalized spacial score (nSPS) is 11.5. The number of anilines is 1. The molecule has 0 spiro atoms. The summed E-state index contributed by atoms with van der Waals surface area (Å²) < 4.78 is 42.6. The first-order valence-electron chi connectivity index (χ1n) is 11.2. The highest BCUT2D eigenvalue weighted by Crippen LogP contribution is 2.33. The Hall–Kier alpha value is -3.20. The van der Waals surface area contributed by atoms with Gasteiger partial charge in [-0.1, -0.05) is 42.5 Å². The lowest BCUT2D eigenvalue weighted by atomic mass is 9.98. The second-order valence-corrected chi connectivity index (χ2v) is 8.82. The first kappa shape index (κ1) is 26.4. The van der Waals surface area contributed by atoms with E-state index in [2.05, 4.69) is 104 Å². The molecule has 1 aliphatic carbocycles. The fourth-order valence-corrected chi connectivity index (χ4v) is 3.89. The quantitative estimate of drug-likeness (QED) is 0.299. The first-order valence-corrected chi connectivity index (χ1v) is 12.4. The second kappa shape index (κ2) is 11.5. The van der Waals surface area contributed by atoms with Gasteiger partial charge in [0.2, 0.25) is 5.36 Å². The first-order chi connectivity index (χ1) is 16.6. The highest BCUT2D eigenvalue weighted by atomic mass is 35.7. The summed E-state index contributed by atoms with van der Waals surface area (Å²) in [7, 11) is -0.827. The molecule has 0 amide bonds. The van der Waals surface area contributed by atoms with E-state index in [1.165, 1.54) is 22.2 Å². The van der Waals surface area contributed by atoms with Crippen molar-refractivity contribution in [2.45, 2.75) is 13.8 Å². The molecule has 1 aliphatic heterocycles. The van der Waals surface area contributed by atoms with Crippen molar-refractivity contribution in [2.75, 3.05) is 32.1 Å². The molecule has 184 valence electrons. The van der Waals surface area contributed by atoms with E-state index in [1.807, 2.05) is 12.1 Å². The monoisotopic (exact) mass is 496 g/mol. The van der Waals surface area contributed by atoms with E-state index in [1.54, 1.807) is 0 Å². The summed E-state index contributed by atoms with van der Waals surface area (Å²) in [5.74, 6) is 0.917. The van der Waals surface area contributed by atoms with Crippen LogP contribution in [-0.2, 0) is 0 Å². The second-order valence-electron chi connectivity index (χ2n) is 8.06. The third kappa shape index (κ3) is 7.14. The molecule has 0 saturated heterocycles. The number of hydrogen-bond donors (Lipinski definition) is 0. The van der Waals surface area contributed by atoms with Crippen molar-refractivity contribution >= 4 is 28.8 Å². The SMILES string of the molecule is CC[N+](CC)=c1ccc2c(/C=C/c3ccc(N(C)C)cc3)c3ccccc3oc-2c1.[O-][Cl+3]([O-])([O-])[O-]. The third-order valence-corrected chi connectivity index (χ3v) is 5.63. The summed E-state index contributed by atoms with van der Waals surface area (Å²) >= 11 is 0. The van der Waals surface area contributed by atoms with Gasteiger partial charge in [-0.05, 0) is 49.2 Å². The van der Waals surface area contributed by atoms with Crippen molar-refractivity contribution < 1.29 is 33.3 Å². The molecule has 0 fully saturated rings. The van der Waals surface area contributed by atoms with Crippen LogP contribution in [0.15, 0.2) is 71.1 Å². The van der Waals surface area contributed by atoms with Crippen molar-refractivity contribution in [3.63, 3.8) is 0 Å². The van der Waals surface area contributed by atoms with Gasteiger partial charge in [0.15, 0.2) is 0 Å². The Morgan fingerprint density at radius 2 is 1.49 bits per heavy atom. The minimum absolute atomic E-state index is 0.907. The van der Waals surface area contributed by atoms with E-state index in [0.717, 1.165) is 35.4 Å². The van der Waals surface area contributed by atoms with Gasteiger partial charge in [0, 0.05) is 36.8 Å². The summed E-state index contributed by atoms with van der Waals surface area (Å²) in [6.45, 7) is 6.32. The molecule has 0 N–H and O–H groups in total. The molecule has 0 saturated carbocycles. The zero-order valence-electron chi connectivity index (χ0n) is 20.2. The molecule has 0 radical (unpaired) electrons. The van der Waals surface area contributed by atoms with Crippen LogP contribution in [0.3, 0.4) is 0 Å². The van der Waals surface area contributed by atoms with Crippen LogP contribution >= 0.6 is 0 Å². The summed E-state index contributed by atoms with van der Waals surface area (Å²) in [4.78, 5) is 2.11. The largest absolute Gasteiger partial charge is 0.456 e. The molecular formula is C27H29ClN2O5. The number of fused-ring (bicyclic) bond motifs is 2. The number of rotatable bonds is 5. The summed E-state index contributed by atoms with van der Waals surface area (Å²) in [5, 5.41) is 2.32. The van der Waals surface area contributed by atoms with Crippen LogP contribution in [-0.4, -0.2) is 27.2 Å². The number of hydrogen-bond acceptors (Lipinski definition) is 6. The van der Waals surface area contributed by atoms with Crippen molar-refractivity contribution in [1.82, 2.24) is 4.58 Å². The maximum Gasteiger partial charge on any atom is 0.203 e. The fourth-order valence-electron chi connectivity index (χ4n) is 3.89. The molecule has 7 nitrogen and oxygen atoms in total. The van der Waals surface area contributed by atoms with Crippen LogP contribution in [0.4, 0.5) is 5.69 Å². The maximum atomic E-state index is 8.49. The lowest BCUT2D eigenvalue weighted by Gasteiger charge is -2.17. The molecule has 1 heterocycles. The van der Waals surface area contributed by atoms with E-state index in [-0.39, 0.29) is 0 Å². The lowest BCUT2D eigenvalue weighted by Crippen LogP contribution is -2.68. The maximum absolute atomic E-state index is 8.49. The Kier molecular flexibility index (Phi) is 8.67. The number of nitrogens with zero attached hydrogens (tertiary/aromatic N) is 2. The summed E-state index contributed by atoms with van der Waals surface area (Å²) in [6.07, 6.45) is 4.39. The molecule has 2 aromatic rings. The van der Waals surface area contributed by atoms with Crippen LogP contribution in [0.25, 0.3) is 34.4 Å². The average molecular weight is 497 g/mol. The highest BCUT2D eigenvalue weighted by molar-refractivity contribution is 5.96. The van der Waals surface area contributed by atoms with Gasteiger partial charge in [-0.25, -0.2) is 23.2 Å². The highest BCUT2D eigenvalue weighted by Gasteiger charge is 2.15. The third-order valence-electron chi connectivity index (χ3n) is 5.63. The van der Waals surface area contributed by atoms with Gasteiger partial charge < -0.3 is 9.32 Å². The van der Waals surface area contributed by atoms with Crippen LogP contribution < -0.4 is 33.5 Å². The van der Waals surface area contributed by atoms with Gasteiger partial charge in [0.1, 0.15) is 24.4 Å². The average Bonchev–Trinajstić information content (AvgIpc) is 2.81. The predicted octanol–water partition coefficient (Wildman–Crippen LogP) is 0.830. The smallest absolute Gasteiger partial charge is 0.203 e. The topological polar surface area (TPSA) is 112 Å². The zero-order chi connectivity index (χ0) is 25.6. The minimum Gasteiger partial charge on any atom is -0.456 e. The molecule has 0 atom stereocenters. The molecule has 4 rings (SSSR count). The van der Waals surface area contributed by atoms with Gasteiger partial charge in [-0.3, -0.25) is 0 Å². The Bertz CT molecular complexity index is 1330. The van der Waals surface area contributed by atoms with E-state index in [0.29, 0.717) is 0 Å². The van der Waals surface area contributed by atoms with Crippen LogP contribution in [0.5, 0.6) is 0 Å². The standard InChI is InChI=1S/C27H29N2O.ClHO4/c1-5-29(6-2)22-16-18-25-23(17-13-20-11-14-21(15-12-20)28(3)4)24-9-7-8-10-26(24)30-27(25)19-22;2-1(3,4)5/h7-19H,5-6H2,1-4H3;(H,2,3,4,5)/q+1;/p-1. The zero-order valence-corrected chi connectivity index (χ0v) is 21.0. The molecule has 35 heavy (non-hydrogen) atoms. The van der Waals surface area contributed by atoms with Gasteiger partial charge in [0.05, 0.1) is 6.07 Å². The lowest BCUT2D eigenvalue weighted by molar-refractivity contribution is -2.00. The molecular weight excluding hydrogens is 468 g/mol. The van der Waals surface area contributed by atoms with Crippen LogP contribution in [0, 0.1) is 10.2 Å². The van der Waals surface area contributed by atoms with E-state index in [4.69, 9.17) is 23.1 Å². The number of halogens is 1. The predicted molar refractivity (Wildman–Crippen MR) is 129 cm³/mol. The van der Waals surface area contributed by atoms with E-state index < -0.39 is 10.2 Å². The molecule has 0 unspecified atom stereocenters. The Morgan fingerprint density at radius 1 is 0.857 bits per heavy atom. The van der Waals surface area contributed by atoms with Crippen molar-refractivity contribution in [1.29, 1.82) is 0 Å².